The molecule has 0 amide bonds. The van der Waals surface area contributed by atoms with E-state index < -0.39 is 10.0 Å². The Morgan fingerprint density at radius 1 is 1.39 bits per heavy atom. The molecule has 0 aliphatic rings. The lowest BCUT2D eigenvalue weighted by molar-refractivity contribution is 0.578. The first-order chi connectivity index (χ1) is 8.42. The van der Waals surface area contributed by atoms with E-state index in [0.29, 0.717) is 5.69 Å². The van der Waals surface area contributed by atoms with Crippen LogP contribution in [0.5, 0.6) is 0 Å². The third-order valence-corrected chi connectivity index (χ3v) is 5.30. The molecule has 0 spiro atoms. The summed E-state index contributed by atoms with van der Waals surface area (Å²) in [6.45, 7) is 0. The number of rotatable bonds is 3. The quantitative estimate of drug-likeness (QED) is 0.737. The summed E-state index contributed by atoms with van der Waals surface area (Å²) in [5, 5.41) is 7.29. The molecule has 2 aromatic rings. The number of halogens is 2. The Balaban J connectivity index is 2.43. The van der Waals surface area contributed by atoms with Crippen LogP contribution < -0.4 is 4.72 Å². The number of sulfonamides is 1. The molecule has 0 radical (unpaired) electrons. The van der Waals surface area contributed by atoms with Gasteiger partial charge >= 0.3 is 0 Å². The first-order valence-corrected chi connectivity index (χ1v) is 8.10. The Hall–Kier alpha value is -0.680. The van der Waals surface area contributed by atoms with Crippen molar-refractivity contribution in [1.29, 1.82) is 0 Å². The van der Waals surface area contributed by atoms with Gasteiger partial charge in [0.2, 0.25) is 5.03 Å². The molecule has 96 valence electrons. The van der Waals surface area contributed by atoms with E-state index in [1.165, 1.54) is 11.7 Å². The van der Waals surface area contributed by atoms with Crippen molar-refractivity contribution in [1.82, 2.24) is 15.0 Å². The van der Waals surface area contributed by atoms with E-state index in [4.69, 9.17) is 0 Å². The van der Waals surface area contributed by atoms with E-state index in [1.807, 2.05) is 12.1 Å². The minimum Gasteiger partial charge on any atom is -0.277 e. The minimum atomic E-state index is -3.72. The van der Waals surface area contributed by atoms with E-state index in [9.17, 15) is 8.42 Å². The molecule has 0 bridgehead atoms. The van der Waals surface area contributed by atoms with Crippen LogP contribution in [0, 0.1) is 3.57 Å². The van der Waals surface area contributed by atoms with E-state index in [0.717, 1.165) is 3.57 Å². The zero-order valence-corrected chi connectivity index (χ0v) is 13.7. The highest BCUT2D eigenvalue weighted by atomic mass is 127. The molecule has 0 atom stereocenters. The van der Waals surface area contributed by atoms with Crippen LogP contribution in [0.1, 0.15) is 0 Å². The summed E-state index contributed by atoms with van der Waals surface area (Å²) in [4.78, 5) is 0. The van der Waals surface area contributed by atoms with Gasteiger partial charge in [-0.2, -0.15) is 8.42 Å². The molecule has 0 fully saturated rings. The maximum Gasteiger partial charge on any atom is 0.281 e. The SMILES string of the molecule is Cn1nnc(Br)c1S(=O)(=O)Nc1ccccc1I. The van der Waals surface area contributed by atoms with Crippen molar-refractivity contribution in [2.24, 2.45) is 7.05 Å². The lowest BCUT2D eigenvalue weighted by atomic mass is 10.3. The van der Waals surface area contributed by atoms with E-state index in [2.05, 4.69) is 53.6 Å². The Bertz CT molecular complexity index is 666. The smallest absolute Gasteiger partial charge is 0.277 e. The summed E-state index contributed by atoms with van der Waals surface area (Å²) in [6, 6.07) is 7.10. The molecule has 0 saturated carbocycles. The van der Waals surface area contributed by atoms with E-state index in [-0.39, 0.29) is 9.63 Å². The van der Waals surface area contributed by atoms with Crippen molar-refractivity contribution in [3.8, 4) is 0 Å². The molecule has 1 N–H and O–H groups in total. The summed E-state index contributed by atoms with van der Waals surface area (Å²) >= 11 is 5.13. The van der Waals surface area contributed by atoms with Crippen molar-refractivity contribution in [2.45, 2.75) is 5.03 Å². The highest BCUT2D eigenvalue weighted by Gasteiger charge is 2.24. The molecule has 6 nitrogen and oxygen atoms in total. The fourth-order valence-corrected chi connectivity index (χ4v) is 4.23. The van der Waals surface area contributed by atoms with Crippen molar-refractivity contribution >= 4 is 54.2 Å². The number of aromatic nitrogens is 3. The maximum atomic E-state index is 12.2. The fourth-order valence-electron chi connectivity index (χ4n) is 1.35. The van der Waals surface area contributed by atoms with Gasteiger partial charge in [-0.25, -0.2) is 4.68 Å². The molecule has 1 aromatic carbocycles. The molecule has 0 aliphatic heterocycles. The fraction of sp³-hybridized carbons (Fsp3) is 0.111. The van der Waals surface area contributed by atoms with Crippen molar-refractivity contribution in [2.75, 3.05) is 4.72 Å². The second kappa shape index (κ2) is 5.13. The minimum absolute atomic E-state index is 0.0119. The number of benzene rings is 1. The van der Waals surface area contributed by atoms with Gasteiger partial charge in [0.25, 0.3) is 10.0 Å². The number of hydrogen-bond donors (Lipinski definition) is 1. The normalized spacial score (nSPS) is 11.5. The molecule has 9 heteroatoms. The molecule has 0 unspecified atom stereocenters. The van der Waals surface area contributed by atoms with Crippen molar-refractivity contribution in [3.05, 3.63) is 32.4 Å². The van der Waals surface area contributed by atoms with Crippen LogP contribution in [0.25, 0.3) is 0 Å². The van der Waals surface area contributed by atoms with Crippen LogP contribution in [0.3, 0.4) is 0 Å². The van der Waals surface area contributed by atoms with Crippen LogP contribution in [0.4, 0.5) is 5.69 Å². The molecule has 18 heavy (non-hydrogen) atoms. The number of para-hydroxylation sites is 1. The average Bonchev–Trinajstić information content (AvgIpc) is 2.62. The Kier molecular flexibility index (Phi) is 3.92. The number of anilines is 1. The molecule has 2 rings (SSSR count). The number of hydrogen-bond acceptors (Lipinski definition) is 4. The topological polar surface area (TPSA) is 76.9 Å². The number of aryl methyl sites for hydroxylation is 1. The first-order valence-electron chi connectivity index (χ1n) is 4.74. The zero-order chi connectivity index (χ0) is 13.3. The summed E-state index contributed by atoms with van der Waals surface area (Å²) in [5.41, 5.74) is 0.520. The molecule has 0 saturated heterocycles. The second-order valence-electron chi connectivity index (χ2n) is 3.39. The average molecular weight is 443 g/mol. The molecular weight excluding hydrogens is 435 g/mol. The first kappa shape index (κ1) is 13.7. The maximum absolute atomic E-state index is 12.2. The predicted molar refractivity (Wildman–Crippen MR) is 78.7 cm³/mol. The third kappa shape index (κ3) is 2.67. The lowest BCUT2D eigenvalue weighted by Gasteiger charge is -2.09. The second-order valence-corrected chi connectivity index (χ2v) is 6.91. The monoisotopic (exact) mass is 442 g/mol. The van der Waals surface area contributed by atoms with E-state index in [1.54, 1.807) is 12.1 Å². The van der Waals surface area contributed by atoms with E-state index >= 15 is 0 Å². The van der Waals surface area contributed by atoms with Crippen LogP contribution in [-0.4, -0.2) is 23.4 Å². The van der Waals surface area contributed by atoms with Crippen LogP contribution in [0.15, 0.2) is 33.9 Å². The summed E-state index contributed by atoms with van der Waals surface area (Å²) in [6.07, 6.45) is 0. The Morgan fingerprint density at radius 3 is 2.61 bits per heavy atom. The molecule has 0 aliphatic carbocycles. The highest BCUT2D eigenvalue weighted by molar-refractivity contribution is 14.1. The van der Waals surface area contributed by atoms with Gasteiger partial charge in [0.1, 0.15) is 0 Å². The Labute approximate surface area is 126 Å². The summed E-state index contributed by atoms with van der Waals surface area (Å²) in [7, 11) is -2.20. The molecule has 1 heterocycles. The third-order valence-electron chi connectivity index (χ3n) is 2.11. The lowest BCUT2D eigenvalue weighted by Crippen LogP contribution is -2.17. The van der Waals surface area contributed by atoms with Gasteiger partial charge in [-0.3, -0.25) is 4.72 Å². The summed E-state index contributed by atoms with van der Waals surface area (Å²) < 4.78 is 29.1. The zero-order valence-electron chi connectivity index (χ0n) is 9.13. The van der Waals surface area contributed by atoms with Gasteiger partial charge in [0.05, 0.1) is 5.69 Å². The van der Waals surface area contributed by atoms with Crippen molar-refractivity contribution in [3.63, 3.8) is 0 Å². The van der Waals surface area contributed by atoms with Gasteiger partial charge in [-0.1, -0.05) is 17.3 Å². The van der Waals surface area contributed by atoms with Gasteiger partial charge in [0.15, 0.2) is 4.60 Å². The summed E-state index contributed by atoms with van der Waals surface area (Å²) in [5.74, 6) is 0. The predicted octanol–water partition coefficient (Wildman–Crippen LogP) is 1.98. The van der Waals surface area contributed by atoms with Gasteiger partial charge < -0.3 is 0 Å². The van der Waals surface area contributed by atoms with Gasteiger partial charge in [-0.15, -0.1) is 5.10 Å². The van der Waals surface area contributed by atoms with Crippen LogP contribution >= 0.6 is 38.5 Å². The Morgan fingerprint density at radius 2 is 2.06 bits per heavy atom. The van der Waals surface area contributed by atoms with Crippen LogP contribution in [0.2, 0.25) is 0 Å². The van der Waals surface area contributed by atoms with Gasteiger partial charge in [0, 0.05) is 10.6 Å². The number of nitrogens with zero attached hydrogens (tertiary/aromatic N) is 3. The molecule has 1 aromatic heterocycles. The molecular formula is C9H8BrIN4O2S. The van der Waals surface area contributed by atoms with Crippen molar-refractivity contribution < 1.29 is 8.42 Å². The van der Waals surface area contributed by atoms with Crippen LogP contribution in [-0.2, 0) is 17.1 Å². The standard InChI is InChI=1S/C9H8BrIN4O2S/c1-15-9(8(10)12-14-15)18(16,17)13-7-5-3-2-4-6(7)11/h2-5,13H,1H3. The van der Waals surface area contributed by atoms with Gasteiger partial charge in [-0.05, 0) is 50.7 Å². The number of nitrogens with one attached hydrogen (secondary N) is 1. The highest BCUT2D eigenvalue weighted by Crippen LogP contribution is 2.24. The largest absolute Gasteiger partial charge is 0.281 e.